The molecule has 2 aliphatic carbocycles. The van der Waals surface area contributed by atoms with Crippen molar-refractivity contribution in [2.75, 3.05) is 0 Å². The van der Waals surface area contributed by atoms with Gasteiger partial charge in [-0.3, -0.25) is 4.79 Å². The number of aliphatic carboxylic acids is 1. The van der Waals surface area contributed by atoms with Gasteiger partial charge in [-0.2, -0.15) is 0 Å². The fraction of sp³-hybridized carbons (Fsp3) is 0.900. The first-order valence-electron chi connectivity index (χ1n) is 4.75. The molecule has 2 nitrogen and oxygen atoms in total. The third-order valence-corrected chi connectivity index (χ3v) is 4.38. The molecule has 68 valence electrons. The Labute approximate surface area is 73.0 Å². The van der Waals surface area contributed by atoms with Gasteiger partial charge >= 0.3 is 5.97 Å². The van der Waals surface area contributed by atoms with Crippen molar-refractivity contribution >= 4 is 5.97 Å². The van der Waals surface area contributed by atoms with Crippen molar-refractivity contribution in [1.29, 1.82) is 0 Å². The minimum Gasteiger partial charge on any atom is -0.481 e. The summed E-state index contributed by atoms with van der Waals surface area (Å²) in [5.74, 6) is -0.644. The highest BCUT2D eigenvalue weighted by atomic mass is 16.4. The van der Waals surface area contributed by atoms with E-state index >= 15 is 0 Å². The predicted molar refractivity (Wildman–Crippen MR) is 45.8 cm³/mol. The van der Waals surface area contributed by atoms with Crippen LogP contribution in [-0.4, -0.2) is 11.1 Å². The van der Waals surface area contributed by atoms with Crippen LogP contribution in [-0.2, 0) is 4.79 Å². The molecule has 2 saturated carbocycles. The van der Waals surface area contributed by atoms with Crippen LogP contribution in [0.25, 0.3) is 0 Å². The van der Waals surface area contributed by atoms with Gasteiger partial charge in [0.1, 0.15) is 0 Å². The summed E-state index contributed by atoms with van der Waals surface area (Å²) in [6.45, 7) is 4.29. The zero-order valence-electron chi connectivity index (χ0n) is 7.76. The van der Waals surface area contributed by atoms with Crippen molar-refractivity contribution in [3.63, 3.8) is 0 Å². The SMILES string of the molecule is C[C@@]12CCCC[C@]1(C)C2C(=O)O. The molecule has 0 saturated heterocycles. The van der Waals surface area contributed by atoms with Crippen LogP contribution in [0.1, 0.15) is 39.5 Å². The molecular formula is C10H16O2. The van der Waals surface area contributed by atoms with E-state index in [-0.39, 0.29) is 16.7 Å². The molecule has 0 aromatic rings. The van der Waals surface area contributed by atoms with Crippen LogP contribution < -0.4 is 0 Å². The van der Waals surface area contributed by atoms with Gasteiger partial charge in [-0.15, -0.1) is 0 Å². The Hall–Kier alpha value is -0.530. The van der Waals surface area contributed by atoms with E-state index in [1.165, 1.54) is 12.8 Å². The van der Waals surface area contributed by atoms with E-state index in [0.29, 0.717) is 0 Å². The summed E-state index contributed by atoms with van der Waals surface area (Å²) in [6.07, 6.45) is 4.66. The van der Waals surface area contributed by atoms with Crippen molar-refractivity contribution in [2.24, 2.45) is 16.7 Å². The summed E-state index contributed by atoms with van der Waals surface area (Å²) < 4.78 is 0. The first kappa shape index (κ1) is 8.09. The van der Waals surface area contributed by atoms with E-state index in [1.807, 2.05) is 0 Å². The topological polar surface area (TPSA) is 37.3 Å². The van der Waals surface area contributed by atoms with Gasteiger partial charge in [-0.05, 0) is 23.7 Å². The van der Waals surface area contributed by atoms with Crippen LogP contribution in [0.4, 0.5) is 0 Å². The molecular weight excluding hydrogens is 152 g/mol. The van der Waals surface area contributed by atoms with Crippen LogP contribution >= 0.6 is 0 Å². The average molecular weight is 168 g/mol. The second-order valence-corrected chi connectivity index (χ2v) is 4.81. The zero-order chi connectivity index (χ0) is 8.98. The summed E-state index contributed by atoms with van der Waals surface area (Å²) in [4.78, 5) is 10.9. The molecule has 12 heavy (non-hydrogen) atoms. The number of rotatable bonds is 1. The molecule has 2 rings (SSSR count). The lowest BCUT2D eigenvalue weighted by atomic mass is 9.82. The molecule has 0 aromatic heterocycles. The fourth-order valence-electron chi connectivity index (χ4n) is 3.34. The molecule has 0 aromatic carbocycles. The maximum atomic E-state index is 10.9. The summed E-state index contributed by atoms with van der Waals surface area (Å²) in [6, 6.07) is 0. The number of carboxylic acids is 1. The summed E-state index contributed by atoms with van der Waals surface area (Å²) in [7, 11) is 0. The monoisotopic (exact) mass is 168 g/mol. The number of fused-ring (bicyclic) bond motifs is 1. The van der Waals surface area contributed by atoms with Crippen molar-refractivity contribution in [1.82, 2.24) is 0 Å². The van der Waals surface area contributed by atoms with E-state index in [0.717, 1.165) is 12.8 Å². The third kappa shape index (κ3) is 0.686. The second-order valence-electron chi connectivity index (χ2n) is 4.81. The normalized spacial score (nSPS) is 51.3. The lowest BCUT2D eigenvalue weighted by Gasteiger charge is -2.23. The van der Waals surface area contributed by atoms with Gasteiger partial charge in [0.15, 0.2) is 0 Å². The zero-order valence-corrected chi connectivity index (χ0v) is 7.76. The number of hydrogen-bond acceptors (Lipinski definition) is 1. The third-order valence-electron chi connectivity index (χ3n) is 4.38. The maximum absolute atomic E-state index is 10.9. The quantitative estimate of drug-likeness (QED) is 0.652. The molecule has 0 spiro atoms. The first-order valence-corrected chi connectivity index (χ1v) is 4.75. The van der Waals surface area contributed by atoms with Gasteiger partial charge in [-0.25, -0.2) is 0 Å². The number of carbonyl (C=O) groups is 1. The van der Waals surface area contributed by atoms with Crippen molar-refractivity contribution in [3.05, 3.63) is 0 Å². The van der Waals surface area contributed by atoms with Crippen molar-refractivity contribution in [3.8, 4) is 0 Å². The van der Waals surface area contributed by atoms with Gasteiger partial charge < -0.3 is 5.11 Å². The van der Waals surface area contributed by atoms with E-state index in [9.17, 15) is 4.79 Å². The van der Waals surface area contributed by atoms with Crippen LogP contribution in [0.2, 0.25) is 0 Å². The largest absolute Gasteiger partial charge is 0.481 e. The molecule has 1 unspecified atom stereocenters. The van der Waals surface area contributed by atoms with Crippen LogP contribution in [0.5, 0.6) is 0 Å². The molecule has 0 bridgehead atoms. The predicted octanol–water partition coefficient (Wildman–Crippen LogP) is 2.29. The van der Waals surface area contributed by atoms with Crippen molar-refractivity contribution in [2.45, 2.75) is 39.5 Å². The summed E-state index contributed by atoms with van der Waals surface area (Å²) in [5, 5.41) is 9.01. The van der Waals surface area contributed by atoms with Crippen molar-refractivity contribution < 1.29 is 9.90 Å². The molecule has 2 aliphatic rings. The van der Waals surface area contributed by atoms with Gasteiger partial charge in [0.2, 0.25) is 0 Å². The molecule has 0 aliphatic heterocycles. The maximum Gasteiger partial charge on any atom is 0.307 e. The molecule has 1 N–H and O–H groups in total. The molecule has 2 fully saturated rings. The van der Waals surface area contributed by atoms with E-state index in [1.54, 1.807) is 0 Å². The molecule has 0 amide bonds. The average Bonchev–Trinajstić information content (AvgIpc) is 2.47. The first-order chi connectivity index (χ1) is 5.52. The van der Waals surface area contributed by atoms with Crippen LogP contribution in [0.15, 0.2) is 0 Å². The Morgan fingerprint density at radius 2 is 1.67 bits per heavy atom. The Morgan fingerprint density at radius 3 is 2.00 bits per heavy atom. The molecule has 0 radical (unpaired) electrons. The standard InChI is InChI=1S/C10H16O2/c1-9-5-3-4-6-10(9,2)7(9)8(11)12/h7H,3-6H2,1-2H3,(H,11,12)/t7?,9-,10+. The molecule has 3 atom stereocenters. The Kier molecular flexibility index (Phi) is 1.37. The lowest BCUT2D eigenvalue weighted by molar-refractivity contribution is -0.140. The van der Waals surface area contributed by atoms with Crippen LogP contribution in [0.3, 0.4) is 0 Å². The Morgan fingerprint density at radius 1 is 1.25 bits per heavy atom. The fourth-order valence-corrected chi connectivity index (χ4v) is 3.34. The highest BCUT2D eigenvalue weighted by molar-refractivity contribution is 5.77. The highest BCUT2D eigenvalue weighted by Gasteiger charge is 2.73. The lowest BCUT2D eigenvalue weighted by Crippen LogP contribution is -2.12. The minimum absolute atomic E-state index is 0.0625. The van der Waals surface area contributed by atoms with Gasteiger partial charge in [0, 0.05) is 0 Å². The molecule has 2 heteroatoms. The van der Waals surface area contributed by atoms with Gasteiger partial charge in [0.05, 0.1) is 5.92 Å². The number of carboxylic acid groups (broad SMARTS) is 1. The number of hydrogen-bond donors (Lipinski definition) is 1. The Bertz CT molecular complexity index is 218. The van der Waals surface area contributed by atoms with Crippen LogP contribution in [0, 0.1) is 16.7 Å². The molecule has 0 heterocycles. The Balaban J connectivity index is 2.26. The summed E-state index contributed by atoms with van der Waals surface area (Å²) >= 11 is 0. The highest BCUT2D eigenvalue weighted by Crippen LogP contribution is 2.75. The summed E-state index contributed by atoms with van der Waals surface area (Å²) in [5.41, 5.74) is 0.244. The van der Waals surface area contributed by atoms with Gasteiger partial charge in [-0.1, -0.05) is 26.7 Å². The van der Waals surface area contributed by atoms with Gasteiger partial charge in [0.25, 0.3) is 0 Å². The minimum atomic E-state index is -0.582. The second kappa shape index (κ2) is 2.04. The van der Waals surface area contributed by atoms with E-state index in [4.69, 9.17) is 5.11 Å². The van der Waals surface area contributed by atoms with E-state index in [2.05, 4.69) is 13.8 Å². The smallest absolute Gasteiger partial charge is 0.307 e. The van der Waals surface area contributed by atoms with E-state index < -0.39 is 5.97 Å².